The van der Waals surface area contributed by atoms with Crippen molar-refractivity contribution < 1.29 is 14.7 Å². The van der Waals surface area contributed by atoms with Gasteiger partial charge in [-0.15, -0.1) is 0 Å². The number of aromatic nitrogens is 1. The highest BCUT2D eigenvalue weighted by Crippen LogP contribution is 2.25. The summed E-state index contributed by atoms with van der Waals surface area (Å²) < 4.78 is 0. The third-order valence-electron chi connectivity index (χ3n) is 3.78. The largest absolute Gasteiger partial charge is 0.481 e. The lowest BCUT2D eigenvalue weighted by Gasteiger charge is -2.17. The van der Waals surface area contributed by atoms with Gasteiger partial charge in [-0.2, -0.15) is 0 Å². The quantitative estimate of drug-likeness (QED) is 0.905. The van der Waals surface area contributed by atoms with Crippen LogP contribution in [-0.2, 0) is 9.59 Å². The topological polar surface area (TPSA) is 79.3 Å². The average molecular weight is 286 g/mol. The molecule has 0 saturated carbocycles. The molecule has 0 radical (unpaired) electrons. The zero-order chi connectivity index (χ0) is 15.6. The second-order valence-electron chi connectivity index (χ2n) is 5.23. The Bertz CT molecular complexity index is 697. The molecule has 2 atom stereocenters. The normalized spacial score (nSPS) is 13.7. The van der Waals surface area contributed by atoms with Crippen LogP contribution in [0.5, 0.6) is 0 Å². The van der Waals surface area contributed by atoms with Crippen LogP contribution in [-0.4, -0.2) is 22.0 Å². The molecule has 1 aromatic carbocycles. The van der Waals surface area contributed by atoms with Gasteiger partial charge in [0.15, 0.2) is 0 Å². The molecule has 110 valence electrons. The van der Waals surface area contributed by atoms with Crippen molar-refractivity contribution in [3.63, 3.8) is 0 Å². The number of benzene rings is 1. The van der Waals surface area contributed by atoms with Gasteiger partial charge in [-0.05, 0) is 30.7 Å². The van der Waals surface area contributed by atoms with E-state index in [1.165, 1.54) is 6.92 Å². The summed E-state index contributed by atoms with van der Waals surface area (Å²) in [5, 5.41) is 12.6. The maximum Gasteiger partial charge on any atom is 0.307 e. The van der Waals surface area contributed by atoms with Crippen LogP contribution in [0.15, 0.2) is 30.5 Å². The summed E-state index contributed by atoms with van der Waals surface area (Å²) in [4.78, 5) is 27.5. The van der Waals surface area contributed by atoms with E-state index in [0.717, 1.165) is 16.5 Å². The number of carbonyl (C=O) groups is 2. The number of rotatable bonds is 4. The second-order valence-corrected chi connectivity index (χ2v) is 5.23. The van der Waals surface area contributed by atoms with Crippen molar-refractivity contribution in [2.75, 3.05) is 5.32 Å². The average Bonchev–Trinajstić information content (AvgIpc) is 2.48. The second kappa shape index (κ2) is 5.91. The Labute approximate surface area is 123 Å². The third-order valence-corrected chi connectivity index (χ3v) is 3.78. The first-order valence-corrected chi connectivity index (χ1v) is 6.80. The van der Waals surface area contributed by atoms with Crippen LogP contribution in [0.25, 0.3) is 10.9 Å². The van der Waals surface area contributed by atoms with Crippen molar-refractivity contribution in [3.8, 4) is 0 Å². The molecule has 1 aromatic heterocycles. The number of nitrogens with zero attached hydrogens (tertiary/aromatic N) is 1. The Morgan fingerprint density at radius 2 is 1.90 bits per heavy atom. The minimum atomic E-state index is -0.979. The van der Waals surface area contributed by atoms with Gasteiger partial charge in [-0.25, -0.2) is 0 Å². The standard InChI is InChI=1S/C16H18N2O3/c1-9-6-7-13(12-5-4-8-17-14(9)12)18-15(19)10(2)11(3)16(20)21/h4-8,10-11H,1-3H3,(H,18,19)(H,20,21). The number of anilines is 1. The van der Waals surface area contributed by atoms with E-state index in [9.17, 15) is 9.59 Å². The lowest BCUT2D eigenvalue weighted by molar-refractivity contribution is -0.145. The molecule has 2 rings (SSSR count). The molecule has 2 unspecified atom stereocenters. The van der Waals surface area contributed by atoms with Gasteiger partial charge < -0.3 is 10.4 Å². The fourth-order valence-electron chi connectivity index (χ4n) is 2.11. The van der Waals surface area contributed by atoms with E-state index in [-0.39, 0.29) is 5.91 Å². The van der Waals surface area contributed by atoms with E-state index in [2.05, 4.69) is 10.3 Å². The predicted octanol–water partition coefficient (Wildman–Crippen LogP) is 2.84. The van der Waals surface area contributed by atoms with Crippen LogP contribution in [0, 0.1) is 18.8 Å². The van der Waals surface area contributed by atoms with Gasteiger partial charge in [0.2, 0.25) is 5.91 Å². The minimum absolute atomic E-state index is 0.307. The molecule has 21 heavy (non-hydrogen) atoms. The Hall–Kier alpha value is -2.43. The number of carboxylic acid groups (broad SMARTS) is 1. The number of aryl methyl sites for hydroxylation is 1. The van der Waals surface area contributed by atoms with Gasteiger partial charge in [0, 0.05) is 17.5 Å². The Balaban J connectivity index is 2.30. The summed E-state index contributed by atoms with van der Waals surface area (Å²) in [6.07, 6.45) is 1.70. The first-order valence-electron chi connectivity index (χ1n) is 6.80. The molecule has 0 bridgehead atoms. The van der Waals surface area contributed by atoms with Crippen molar-refractivity contribution in [1.29, 1.82) is 0 Å². The van der Waals surface area contributed by atoms with Gasteiger partial charge in [-0.1, -0.05) is 19.9 Å². The molecule has 1 amide bonds. The van der Waals surface area contributed by atoms with Gasteiger partial charge in [0.1, 0.15) is 0 Å². The lowest BCUT2D eigenvalue weighted by Crippen LogP contribution is -2.30. The number of amides is 1. The number of aliphatic carboxylic acids is 1. The molecule has 0 saturated heterocycles. The highest BCUT2D eigenvalue weighted by molar-refractivity contribution is 6.03. The summed E-state index contributed by atoms with van der Waals surface area (Å²) in [7, 11) is 0. The number of hydrogen-bond acceptors (Lipinski definition) is 3. The minimum Gasteiger partial charge on any atom is -0.481 e. The number of hydrogen-bond donors (Lipinski definition) is 2. The highest BCUT2D eigenvalue weighted by Gasteiger charge is 2.26. The fraction of sp³-hybridized carbons (Fsp3) is 0.312. The van der Waals surface area contributed by atoms with Crippen LogP contribution >= 0.6 is 0 Å². The van der Waals surface area contributed by atoms with Gasteiger partial charge in [-0.3, -0.25) is 14.6 Å². The summed E-state index contributed by atoms with van der Waals surface area (Å²) in [5.74, 6) is -2.64. The molecular formula is C16H18N2O3. The molecule has 2 N–H and O–H groups in total. The smallest absolute Gasteiger partial charge is 0.307 e. The maximum atomic E-state index is 12.2. The number of carbonyl (C=O) groups excluding carboxylic acids is 1. The van der Waals surface area contributed by atoms with E-state index >= 15 is 0 Å². The van der Waals surface area contributed by atoms with Crippen molar-refractivity contribution in [1.82, 2.24) is 4.98 Å². The SMILES string of the molecule is Cc1ccc(NC(=O)C(C)C(C)C(=O)O)c2cccnc12. The maximum absolute atomic E-state index is 12.2. The molecule has 0 aliphatic carbocycles. The molecule has 5 heteroatoms. The van der Waals surface area contributed by atoms with Crippen LogP contribution in [0.4, 0.5) is 5.69 Å². The zero-order valence-corrected chi connectivity index (χ0v) is 12.3. The zero-order valence-electron chi connectivity index (χ0n) is 12.3. The molecule has 0 aliphatic heterocycles. The first-order chi connectivity index (χ1) is 9.91. The van der Waals surface area contributed by atoms with Gasteiger partial charge in [0.05, 0.1) is 17.1 Å². The van der Waals surface area contributed by atoms with Crippen LogP contribution in [0.1, 0.15) is 19.4 Å². The van der Waals surface area contributed by atoms with Gasteiger partial charge in [0.25, 0.3) is 0 Å². The van der Waals surface area contributed by atoms with E-state index < -0.39 is 17.8 Å². The van der Waals surface area contributed by atoms with Crippen LogP contribution < -0.4 is 5.32 Å². The number of nitrogens with one attached hydrogen (secondary N) is 1. The fourth-order valence-corrected chi connectivity index (χ4v) is 2.11. The molecule has 2 aromatic rings. The first kappa shape index (κ1) is 15.0. The van der Waals surface area contributed by atoms with E-state index in [1.54, 1.807) is 19.2 Å². The number of fused-ring (bicyclic) bond motifs is 1. The van der Waals surface area contributed by atoms with E-state index in [1.807, 2.05) is 25.1 Å². The molecular weight excluding hydrogens is 268 g/mol. The van der Waals surface area contributed by atoms with Crippen molar-refractivity contribution >= 4 is 28.5 Å². The number of pyridine rings is 1. The Kier molecular flexibility index (Phi) is 4.21. The summed E-state index contributed by atoms with van der Waals surface area (Å²) in [5.41, 5.74) is 2.50. The monoisotopic (exact) mass is 286 g/mol. The Morgan fingerprint density at radius 3 is 2.57 bits per heavy atom. The summed E-state index contributed by atoms with van der Waals surface area (Å²) >= 11 is 0. The van der Waals surface area contributed by atoms with E-state index in [4.69, 9.17) is 5.11 Å². The molecule has 0 spiro atoms. The van der Waals surface area contributed by atoms with E-state index in [0.29, 0.717) is 5.69 Å². The van der Waals surface area contributed by atoms with Crippen molar-refractivity contribution in [2.24, 2.45) is 11.8 Å². The Morgan fingerprint density at radius 1 is 1.19 bits per heavy atom. The van der Waals surface area contributed by atoms with Gasteiger partial charge >= 0.3 is 5.97 Å². The molecule has 5 nitrogen and oxygen atoms in total. The van der Waals surface area contributed by atoms with Crippen molar-refractivity contribution in [2.45, 2.75) is 20.8 Å². The third kappa shape index (κ3) is 3.02. The molecule has 1 heterocycles. The summed E-state index contributed by atoms with van der Waals surface area (Å²) in [6, 6.07) is 7.39. The molecule has 0 aliphatic rings. The summed E-state index contributed by atoms with van der Waals surface area (Å²) in [6.45, 7) is 5.10. The number of carboxylic acids is 1. The van der Waals surface area contributed by atoms with Crippen molar-refractivity contribution in [3.05, 3.63) is 36.0 Å². The highest BCUT2D eigenvalue weighted by atomic mass is 16.4. The molecule has 0 fully saturated rings. The lowest BCUT2D eigenvalue weighted by atomic mass is 9.95. The van der Waals surface area contributed by atoms with Crippen LogP contribution in [0.3, 0.4) is 0 Å². The predicted molar refractivity (Wildman–Crippen MR) is 81.1 cm³/mol. The van der Waals surface area contributed by atoms with Crippen LogP contribution in [0.2, 0.25) is 0 Å².